The summed E-state index contributed by atoms with van der Waals surface area (Å²) in [5.74, 6) is 0.836. The van der Waals surface area contributed by atoms with Gasteiger partial charge in [-0.15, -0.1) is 5.10 Å². The van der Waals surface area contributed by atoms with Crippen LogP contribution >= 0.6 is 0 Å². The molecule has 8 heteroatoms. The van der Waals surface area contributed by atoms with E-state index in [9.17, 15) is 4.79 Å². The van der Waals surface area contributed by atoms with Crippen molar-refractivity contribution in [2.24, 2.45) is 0 Å². The predicted molar refractivity (Wildman–Crippen MR) is 69.8 cm³/mol. The van der Waals surface area contributed by atoms with Crippen molar-refractivity contribution in [2.75, 3.05) is 5.32 Å². The maximum atomic E-state index is 11.8. The monoisotopic (exact) mass is 276 g/mol. The summed E-state index contributed by atoms with van der Waals surface area (Å²) in [6.07, 6.45) is 4.23. The van der Waals surface area contributed by atoms with Crippen molar-refractivity contribution < 1.29 is 9.32 Å². The zero-order chi connectivity index (χ0) is 13.9. The first-order valence-corrected chi connectivity index (χ1v) is 6.54. The van der Waals surface area contributed by atoms with Gasteiger partial charge in [0.1, 0.15) is 12.3 Å². The van der Waals surface area contributed by atoms with Gasteiger partial charge in [0.15, 0.2) is 5.82 Å². The maximum absolute atomic E-state index is 11.8. The number of aryl methyl sites for hydroxylation is 1. The molecule has 0 aliphatic heterocycles. The molecule has 3 rings (SSSR count). The number of hydrogen-bond donors (Lipinski definition) is 2. The summed E-state index contributed by atoms with van der Waals surface area (Å²) in [5, 5.41) is 17.6. The fourth-order valence-electron chi connectivity index (χ4n) is 1.79. The minimum absolute atomic E-state index is 0.0995. The molecular formula is C12H16N6O2. The molecule has 2 heterocycles. The summed E-state index contributed by atoms with van der Waals surface area (Å²) in [6.45, 7) is 2.55. The number of aromatic nitrogens is 4. The summed E-state index contributed by atoms with van der Waals surface area (Å²) in [7, 11) is 0. The van der Waals surface area contributed by atoms with Crippen LogP contribution in [-0.4, -0.2) is 32.1 Å². The average Bonchev–Trinajstić information content (AvgIpc) is 3.00. The molecule has 0 aromatic carbocycles. The highest BCUT2D eigenvalue weighted by atomic mass is 16.5. The molecule has 2 aromatic rings. The van der Waals surface area contributed by atoms with Gasteiger partial charge >= 0.3 is 0 Å². The highest BCUT2D eigenvalue weighted by Gasteiger charge is 2.20. The smallest absolute Gasteiger partial charge is 0.247 e. The van der Waals surface area contributed by atoms with Gasteiger partial charge < -0.3 is 15.2 Å². The van der Waals surface area contributed by atoms with Crippen LogP contribution < -0.4 is 10.6 Å². The lowest BCUT2D eigenvalue weighted by atomic mass is 10.4. The number of rotatable bonds is 6. The van der Waals surface area contributed by atoms with Crippen molar-refractivity contribution in [3.8, 4) is 0 Å². The van der Waals surface area contributed by atoms with Crippen molar-refractivity contribution in [3.63, 3.8) is 0 Å². The molecule has 8 nitrogen and oxygen atoms in total. The Bertz CT molecular complexity index is 601. The first-order chi connectivity index (χ1) is 9.69. The van der Waals surface area contributed by atoms with Crippen LogP contribution in [0.2, 0.25) is 0 Å². The van der Waals surface area contributed by atoms with Crippen molar-refractivity contribution >= 4 is 11.7 Å². The van der Waals surface area contributed by atoms with Crippen LogP contribution in [0.4, 0.5) is 5.82 Å². The van der Waals surface area contributed by atoms with Gasteiger partial charge in [0.2, 0.25) is 5.91 Å². The van der Waals surface area contributed by atoms with Crippen molar-refractivity contribution in [3.05, 3.63) is 23.7 Å². The Labute approximate surface area is 115 Å². The largest absolute Gasteiger partial charge is 0.360 e. The molecule has 1 saturated carbocycles. The zero-order valence-corrected chi connectivity index (χ0v) is 11.2. The van der Waals surface area contributed by atoms with Crippen molar-refractivity contribution in [2.45, 2.75) is 38.9 Å². The van der Waals surface area contributed by atoms with Crippen LogP contribution in [0.3, 0.4) is 0 Å². The topological polar surface area (TPSA) is 97.9 Å². The molecule has 2 N–H and O–H groups in total. The van der Waals surface area contributed by atoms with Gasteiger partial charge in [-0.3, -0.25) is 4.79 Å². The van der Waals surface area contributed by atoms with Crippen LogP contribution in [0, 0.1) is 6.92 Å². The van der Waals surface area contributed by atoms with E-state index in [2.05, 4.69) is 26.1 Å². The number of hydrogen-bond acceptors (Lipinski definition) is 6. The molecule has 0 spiro atoms. The molecule has 20 heavy (non-hydrogen) atoms. The van der Waals surface area contributed by atoms with E-state index >= 15 is 0 Å². The molecule has 0 unspecified atom stereocenters. The van der Waals surface area contributed by atoms with Crippen LogP contribution in [-0.2, 0) is 17.9 Å². The molecule has 1 aliphatic rings. The average molecular weight is 276 g/mol. The highest BCUT2D eigenvalue weighted by Crippen LogP contribution is 2.18. The lowest BCUT2D eigenvalue weighted by Crippen LogP contribution is -2.19. The van der Waals surface area contributed by atoms with E-state index in [1.807, 2.05) is 0 Å². The fourth-order valence-corrected chi connectivity index (χ4v) is 1.79. The second-order valence-electron chi connectivity index (χ2n) is 4.93. The third kappa shape index (κ3) is 3.41. The Balaban J connectivity index is 1.50. The Kier molecular flexibility index (Phi) is 3.46. The van der Waals surface area contributed by atoms with E-state index in [-0.39, 0.29) is 12.5 Å². The first kappa shape index (κ1) is 12.8. The molecule has 2 aromatic heterocycles. The lowest BCUT2D eigenvalue weighted by molar-refractivity contribution is -0.117. The number of nitrogens with one attached hydrogen (secondary N) is 2. The third-order valence-electron chi connectivity index (χ3n) is 2.94. The number of carbonyl (C=O) groups excluding carboxylic acids is 1. The summed E-state index contributed by atoms with van der Waals surface area (Å²) >= 11 is 0. The Morgan fingerprint density at radius 3 is 3.10 bits per heavy atom. The summed E-state index contributed by atoms with van der Waals surface area (Å²) < 4.78 is 6.38. The van der Waals surface area contributed by atoms with E-state index in [1.165, 1.54) is 17.5 Å². The molecule has 0 atom stereocenters. The molecule has 1 amide bonds. The van der Waals surface area contributed by atoms with Crippen LogP contribution in [0.25, 0.3) is 0 Å². The summed E-state index contributed by atoms with van der Waals surface area (Å²) in [4.78, 5) is 11.8. The quantitative estimate of drug-likeness (QED) is 0.795. The second-order valence-corrected chi connectivity index (χ2v) is 4.93. The van der Waals surface area contributed by atoms with E-state index in [1.54, 1.807) is 19.2 Å². The van der Waals surface area contributed by atoms with Gasteiger partial charge in [0.25, 0.3) is 0 Å². The standard InChI is InChI=1S/C12H16N6O2/c1-8-4-11(16-20-8)14-12(19)7-18-6-10(15-17-18)5-13-9-2-3-9/h4,6,9,13H,2-3,5,7H2,1H3,(H,14,16,19). The van der Waals surface area contributed by atoms with Crippen molar-refractivity contribution in [1.82, 2.24) is 25.5 Å². The second kappa shape index (κ2) is 5.41. The lowest BCUT2D eigenvalue weighted by Gasteiger charge is -2.00. The van der Waals surface area contributed by atoms with Crippen LogP contribution in [0.5, 0.6) is 0 Å². The van der Waals surface area contributed by atoms with Gasteiger partial charge in [-0.1, -0.05) is 10.4 Å². The van der Waals surface area contributed by atoms with E-state index in [4.69, 9.17) is 4.52 Å². The maximum Gasteiger partial charge on any atom is 0.247 e. The Morgan fingerprint density at radius 2 is 2.40 bits per heavy atom. The summed E-state index contributed by atoms with van der Waals surface area (Å²) in [6, 6.07) is 2.28. The summed E-state index contributed by atoms with van der Waals surface area (Å²) in [5.41, 5.74) is 0.835. The van der Waals surface area contributed by atoms with Gasteiger partial charge in [0.05, 0.1) is 11.9 Å². The molecule has 1 fully saturated rings. The molecule has 1 aliphatic carbocycles. The SMILES string of the molecule is Cc1cc(NC(=O)Cn2cc(CNC3CC3)nn2)no1. The number of nitrogens with zero attached hydrogens (tertiary/aromatic N) is 4. The van der Waals surface area contributed by atoms with Gasteiger partial charge in [0, 0.05) is 18.7 Å². The van der Waals surface area contributed by atoms with E-state index < -0.39 is 0 Å². The van der Waals surface area contributed by atoms with Crippen molar-refractivity contribution in [1.29, 1.82) is 0 Å². The molecular weight excluding hydrogens is 260 g/mol. The molecule has 0 radical (unpaired) electrons. The predicted octanol–water partition coefficient (Wildman–Crippen LogP) is 0.465. The molecule has 106 valence electrons. The number of carbonyl (C=O) groups is 1. The minimum Gasteiger partial charge on any atom is -0.360 e. The molecule has 0 saturated heterocycles. The Morgan fingerprint density at radius 1 is 1.55 bits per heavy atom. The van der Waals surface area contributed by atoms with Crippen LogP contribution in [0.15, 0.2) is 16.8 Å². The number of anilines is 1. The van der Waals surface area contributed by atoms with E-state index in [0.717, 1.165) is 5.69 Å². The zero-order valence-electron chi connectivity index (χ0n) is 11.2. The minimum atomic E-state index is -0.218. The van der Waals surface area contributed by atoms with Crippen LogP contribution in [0.1, 0.15) is 24.3 Å². The van der Waals surface area contributed by atoms with Gasteiger partial charge in [-0.05, 0) is 19.8 Å². The number of amides is 1. The third-order valence-corrected chi connectivity index (χ3v) is 2.94. The highest BCUT2D eigenvalue weighted by molar-refractivity contribution is 5.89. The first-order valence-electron chi connectivity index (χ1n) is 6.54. The molecule has 0 bridgehead atoms. The van der Waals surface area contributed by atoms with E-state index in [0.29, 0.717) is 24.2 Å². The normalized spacial score (nSPS) is 14.4. The fraction of sp³-hybridized carbons (Fsp3) is 0.500. The van der Waals surface area contributed by atoms with Gasteiger partial charge in [-0.25, -0.2) is 4.68 Å². The Hall–Kier alpha value is -2.22. The van der Waals surface area contributed by atoms with Gasteiger partial charge in [-0.2, -0.15) is 0 Å².